The van der Waals surface area contributed by atoms with Gasteiger partial charge in [0.1, 0.15) is 0 Å². The van der Waals surface area contributed by atoms with Crippen molar-refractivity contribution in [2.75, 3.05) is 26.3 Å². The van der Waals surface area contributed by atoms with Gasteiger partial charge in [-0.2, -0.15) is 5.10 Å². The highest BCUT2D eigenvalue weighted by atomic mass is 16.5. The highest BCUT2D eigenvalue weighted by molar-refractivity contribution is 6.04. The minimum atomic E-state index is -0.0436. The summed E-state index contributed by atoms with van der Waals surface area (Å²) in [6.07, 6.45) is 5.68. The zero-order valence-electron chi connectivity index (χ0n) is 16.7. The molecule has 5 rings (SSSR count). The normalized spacial score (nSPS) is 23.3. The molecule has 154 valence electrons. The summed E-state index contributed by atoms with van der Waals surface area (Å²) in [6, 6.07) is 8.05. The fraction of sp³-hybridized carbons (Fsp3) is 0.591. The van der Waals surface area contributed by atoms with Crippen LogP contribution in [-0.2, 0) is 9.53 Å². The van der Waals surface area contributed by atoms with Crippen LogP contribution in [0.15, 0.2) is 24.3 Å². The lowest BCUT2D eigenvalue weighted by atomic mass is 9.97. The minimum Gasteiger partial charge on any atom is -0.381 e. The maximum atomic E-state index is 13.3. The van der Waals surface area contributed by atoms with Gasteiger partial charge in [0.05, 0.1) is 5.52 Å². The highest BCUT2D eigenvalue weighted by Gasteiger charge is 2.41. The van der Waals surface area contributed by atoms with Gasteiger partial charge in [0, 0.05) is 49.7 Å². The summed E-state index contributed by atoms with van der Waals surface area (Å²) in [5.41, 5.74) is 1.35. The van der Waals surface area contributed by atoms with E-state index in [4.69, 9.17) is 4.74 Å². The van der Waals surface area contributed by atoms with E-state index in [1.54, 1.807) is 0 Å². The molecule has 3 aliphatic rings. The number of aromatic nitrogens is 2. The predicted octanol–water partition coefficient (Wildman–Crippen LogP) is 2.59. The number of carbonyl (C=O) groups excluding carboxylic acids is 2. The first-order valence-electron chi connectivity index (χ1n) is 10.8. The molecule has 2 saturated heterocycles. The van der Waals surface area contributed by atoms with Crippen LogP contribution in [0.2, 0.25) is 0 Å². The van der Waals surface area contributed by atoms with Crippen molar-refractivity contribution in [2.24, 2.45) is 5.92 Å². The second-order valence-corrected chi connectivity index (χ2v) is 8.53. The number of nitrogens with one attached hydrogen (secondary N) is 1. The first kappa shape index (κ1) is 18.6. The summed E-state index contributed by atoms with van der Waals surface area (Å²) in [5, 5.41) is 8.11. The second kappa shape index (κ2) is 7.78. The molecule has 2 amide bonds. The van der Waals surface area contributed by atoms with Crippen LogP contribution in [0.25, 0.3) is 10.9 Å². The Morgan fingerprint density at radius 3 is 2.66 bits per heavy atom. The van der Waals surface area contributed by atoms with Crippen molar-refractivity contribution >= 4 is 22.7 Å². The van der Waals surface area contributed by atoms with Crippen LogP contribution in [-0.4, -0.2) is 70.2 Å². The van der Waals surface area contributed by atoms with Crippen LogP contribution in [0.4, 0.5) is 0 Å². The average molecular weight is 396 g/mol. The molecule has 2 aliphatic heterocycles. The van der Waals surface area contributed by atoms with E-state index in [-0.39, 0.29) is 23.9 Å². The van der Waals surface area contributed by atoms with Gasteiger partial charge in [-0.15, -0.1) is 0 Å². The smallest absolute Gasteiger partial charge is 0.275 e. The number of hydrogen-bond acceptors (Lipinski definition) is 4. The zero-order valence-corrected chi connectivity index (χ0v) is 16.7. The maximum Gasteiger partial charge on any atom is 0.275 e. The number of piperidine rings is 1. The molecule has 0 bridgehead atoms. The maximum absolute atomic E-state index is 13.3. The van der Waals surface area contributed by atoms with E-state index in [0.717, 1.165) is 56.0 Å². The van der Waals surface area contributed by atoms with Gasteiger partial charge in [0.25, 0.3) is 5.91 Å². The molecule has 2 aromatic rings. The molecule has 29 heavy (non-hydrogen) atoms. The summed E-state index contributed by atoms with van der Waals surface area (Å²) in [7, 11) is 0. The van der Waals surface area contributed by atoms with E-state index in [0.29, 0.717) is 31.4 Å². The number of benzene rings is 1. The second-order valence-electron chi connectivity index (χ2n) is 8.53. The van der Waals surface area contributed by atoms with Crippen LogP contribution in [0, 0.1) is 5.92 Å². The Hall–Kier alpha value is -2.41. The Morgan fingerprint density at radius 1 is 1.07 bits per heavy atom. The van der Waals surface area contributed by atoms with E-state index in [2.05, 4.69) is 15.1 Å². The van der Waals surface area contributed by atoms with Crippen molar-refractivity contribution in [1.29, 1.82) is 0 Å². The molecular weight excluding hydrogens is 368 g/mol. The topological polar surface area (TPSA) is 78.5 Å². The van der Waals surface area contributed by atoms with E-state index in [9.17, 15) is 9.59 Å². The standard InChI is InChI=1S/C22H28N4O3/c27-21(15-7-8-15)26(16-9-12-29-13-10-16)17-4-3-11-25(14-17)22(28)20-18-5-1-2-6-19(18)23-24-20/h1-2,5-6,15-17H,3-4,7-14H2,(H,23,24). The summed E-state index contributed by atoms with van der Waals surface area (Å²) in [6.45, 7) is 2.74. The van der Waals surface area contributed by atoms with Crippen LogP contribution < -0.4 is 0 Å². The number of likely N-dealkylation sites (tertiary alicyclic amines) is 1. The van der Waals surface area contributed by atoms with Gasteiger partial charge in [0.15, 0.2) is 5.69 Å². The van der Waals surface area contributed by atoms with Crippen LogP contribution in [0.3, 0.4) is 0 Å². The van der Waals surface area contributed by atoms with E-state index >= 15 is 0 Å². The summed E-state index contributed by atoms with van der Waals surface area (Å²) in [5.74, 6) is 0.443. The third-order valence-corrected chi connectivity index (χ3v) is 6.52. The Balaban J connectivity index is 1.36. The monoisotopic (exact) mass is 396 g/mol. The SMILES string of the molecule is O=C(c1n[nH]c2ccccc12)N1CCCC(N(C(=O)C2CC2)C2CCOCC2)C1. The fourth-order valence-corrected chi connectivity index (χ4v) is 4.80. The van der Waals surface area contributed by atoms with Gasteiger partial charge in [-0.1, -0.05) is 18.2 Å². The minimum absolute atomic E-state index is 0.0436. The first-order valence-corrected chi connectivity index (χ1v) is 10.8. The van der Waals surface area contributed by atoms with Gasteiger partial charge in [-0.3, -0.25) is 14.7 Å². The van der Waals surface area contributed by atoms with Crippen molar-refractivity contribution in [1.82, 2.24) is 20.0 Å². The highest BCUT2D eigenvalue weighted by Crippen LogP contribution is 2.35. The van der Waals surface area contributed by atoms with Gasteiger partial charge >= 0.3 is 0 Å². The lowest BCUT2D eigenvalue weighted by molar-refractivity contribution is -0.141. The molecule has 0 radical (unpaired) electrons. The molecular formula is C22H28N4O3. The van der Waals surface area contributed by atoms with Crippen molar-refractivity contribution in [2.45, 2.75) is 50.6 Å². The van der Waals surface area contributed by atoms with E-state index in [1.165, 1.54) is 0 Å². The lowest BCUT2D eigenvalue weighted by Crippen LogP contribution is -2.56. The molecule has 1 aromatic carbocycles. The number of rotatable bonds is 4. The lowest BCUT2D eigenvalue weighted by Gasteiger charge is -2.44. The number of H-pyrrole nitrogens is 1. The molecule has 1 aliphatic carbocycles. The molecule has 1 aromatic heterocycles. The zero-order chi connectivity index (χ0) is 19.8. The Morgan fingerprint density at radius 2 is 1.86 bits per heavy atom. The number of nitrogens with zero attached hydrogens (tertiary/aromatic N) is 3. The van der Waals surface area contributed by atoms with Gasteiger partial charge < -0.3 is 14.5 Å². The van der Waals surface area contributed by atoms with Crippen LogP contribution in [0.5, 0.6) is 0 Å². The van der Waals surface area contributed by atoms with Gasteiger partial charge in [-0.05, 0) is 44.6 Å². The third-order valence-electron chi connectivity index (χ3n) is 6.52. The predicted molar refractivity (Wildman–Crippen MR) is 108 cm³/mol. The van der Waals surface area contributed by atoms with Crippen molar-refractivity contribution < 1.29 is 14.3 Å². The van der Waals surface area contributed by atoms with E-state index in [1.807, 2.05) is 29.2 Å². The number of amides is 2. The van der Waals surface area contributed by atoms with Crippen molar-refractivity contribution in [3.63, 3.8) is 0 Å². The molecule has 7 nitrogen and oxygen atoms in total. The summed E-state index contributed by atoms with van der Waals surface area (Å²) in [4.78, 5) is 30.4. The van der Waals surface area contributed by atoms with Gasteiger partial charge in [0.2, 0.25) is 5.91 Å². The van der Waals surface area contributed by atoms with Crippen LogP contribution >= 0.6 is 0 Å². The molecule has 1 unspecified atom stereocenters. The third kappa shape index (κ3) is 3.64. The Bertz CT molecular complexity index is 900. The number of hydrogen-bond donors (Lipinski definition) is 1. The molecule has 1 N–H and O–H groups in total. The van der Waals surface area contributed by atoms with Crippen molar-refractivity contribution in [3.8, 4) is 0 Å². The van der Waals surface area contributed by atoms with E-state index < -0.39 is 0 Å². The number of fused-ring (bicyclic) bond motifs is 1. The molecule has 3 fully saturated rings. The summed E-state index contributed by atoms with van der Waals surface area (Å²) >= 11 is 0. The fourth-order valence-electron chi connectivity index (χ4n) is 4.80. The quantitative estimate of drug-likeness (QED) is 0.862. The Labute approximate surface area is 170 Å². The molecule has 0 spiro atoms. The number of ether oxygens (including phenoxy) is 1. The number of para-hydroxylation sites is 1. The number of carbonyl (C=O) groups is 2. The van der Waals surface area contributed by atoms with Crippen LogP contribution in [0.1, 0.15) is 49.0 Å². The summed E-state index contributed by atoms with van der Waals surface area (Å²) < 4.78 is 5.53. The average Bonchev–Trinajstić information content (AvgIpc) is 3.54. The molecule has 1 atom stereocenters. The van der Waals surface area contributed by atoms with Gasteiger partial charge in [-0.25, -0.2) is 0 Å². The Kier molecular flexibility index (Phi) is 4.99. The molecule has 7 heteroatoms. The first-order chi connectivity index (χ1) is 14.2. The molecule has 3 heterocycles. The van der Waals surface area contributed by atoms with Crippen molar-refractivity contribution in [3.05, 3.63) is 30.0 Å². The largest absolute Gasteiger partial charge is 0.381 e. The molecule has 1 saturated carbocycles. The number of aromatic amines is 1.